The normalized spacial score (nSPS) is 9.73. The molecular formula is C6H8BrN3O. The van der Waals surface area contributed by atoms with Gasteiger partial charge in [0.2, 0.25) is 5.95 Å². The Morgan fingerprint density at radius 3 is 2.73 bits per heavy atom. The van der Waals surface area contributed by atoms with Crippen LogP contribution >= 0.6 is 15.9 Å². The van der Waals surface area contributed by atoms with Crippen molar-refractivity contribution in [3.63, 3.8) is 0 Å². The van der Waals surface area contributed by atoms with Gasteiger partial charge in [0.1, 0.15) is 4.47 Å². The van der Waals surface area contributed by atoms with Crippen LogP contribution in [0.2, 0.25) is 0 Å². The Kier molecular flexibility index (Phi) is 2.28. The molecule has 1 aromatic rings. The number of nitrogens with one attached hydrogen (secondary N) is 2. The summed E-state index contributed by atoms with van der Waals surface area (Å²) in [6.07, 6.45) is 0. The first-order chi connectivity index (χ1) is 5.15. The number of H-pyrrole nitrogens is 1. The number of hydrogen-bond acceptors (Lipinski definition) is 3. The largest absolute Gasteiger partial charge is 0.359 e. The number of anilines is 1. The molecule has 11 heavy (non-hydrogen) atoms. The maximum absolute atomic E-state index is 11.0. The van der Waals surface area contributed by atoms with Crippen LogP contribution in [-0.2, 0) is 0 Å². The van der Waals surface area contributed by atoms with Gasteiger partial charge >= 0.3 is 0 Å². The third kappa shape index (κ3) is 1.59. The first-order valence-electron chi connectivity index (χ1n) is 3.09. The smallest absolute Gasteiger partial charge is 0.266 e. The second-order valence-corrected chi connectivity index (χ2v) is 2.86. The van der Waals surface area contributed by atoms with Crippen molar-refractivity contribution in [2.24, 2.45) is 0 Å². The van der Waals surface area contributed by atoms with Gasteiger partial charge in [0.15, 0.2) is 0 Å². The van der Waals surface area contributed by atoms with E-state index in [1.807, 2.05) is 0 Å². The summed E-state index contributed by atoms with van der Waals surface area (Å²) in [4.78, 5) is 17.6. The topological polar surface area (TPSA) is 57.8 Å². The van der Waals surface area contributed by atoms with Gasteiger partial charge in [0, 0.05) is 7.05 Å². The van der Waals surface area contributed by atoms with E-state index in [4.69, 9.17) is 0 Å². The molecular weight excluding hydrogens is 210 g/mol. The van der Waals surface area contributed by atoms with Crippen molar-refractivity contribution in [3.05, 3.63) is 20.5 Å². The van der Waals surface area contributed by atoms with Gasteiger partial charge in [-0.15, -0.1) is 0 Å². The van der Waals surface area contributed by atoms with Gasteiger partial charge in [-0.25, -0.2) is 4.98 Å². The highest BCUT2D eigenvalue weighted by molar-refractivity contribution is 9.10. The third-order valence-corrected chi connectivity index (χ3v) is 2.20. The molecule has 0 atom stereocenters. The lowest BCUT2D eigenvalue weighted by Crippen LogP contribution is -2.13. The van der Waals surface area contributed by atoms with E-state index in [1.54, 1.807) is 14.0 Å². The monoisotopic (exact) mass is 217 g/mol. The zero-order chi connectivity index (χ0) is 8.43. The van der Waals surface area contributed by atoms with Crippen molar-refractivity contribution >= 4 is 21.9 Å². The molecule has 1 rings (SSSR count). The molecule has 0 aliphatic carbocycles. The zero-order valence-corrected chi connectivity index (χ0v) is 7.82. The minimum atomic E-state index is -0.165. The molecule has 5 heteroatoms. The van der Waals surface area contributed by atoms with E-state index >= 15 is 0 Å². The van der Waals surface area contributed by atoms with Crippen LogP contribution in [0.25, 0.3) is 0 Å². The van der Waals surface area contributed by atoms with E-state index in [0.29, 0.717) is 16.1 Å². The fourth-order valence-electron chi connectivity index (χ4n) is 0.690. The molecule has 1 aromatic heterocycles. The van der Waals surface area contributed by atoms with E-state index in [0.717, 1.165) is 0 Å². The molecule has 0 aliphatic heterocycles. The van der Waals surface area contributed by atoms with E-state index < -0.39 is 0 Å². The molecule has 0 amide bonds. The molecule has 0 saturated carbocycles. The van der Waals surface area contributed by atoms with Crippen LogP contribution in [0.1, 0.15) is 5.69 Å². The van der Waals surface area contributed by atoms with Crippen LogP contribution in [0.5, 0.6) is 0 Å². The molecule has 0 unspecified atom stereocenters. The van der Waals surface area contributed by atoms with Crippen LogP contribution < -0.4 is 10.9 Å². The van der Waals surface area contributed by atoms with Crippen molar-refractivity contribution in [2.75, 3.05) is 12.4 Å². The summed E-state index contributed by atoms with van der Waals surface area (Å²) in [7, 11) is 1.70. The van der Waals surface area contributed by atoms with Gasteiger partial charge in [-0.3, -0.25) is 9.78 Å². The molecule has 60 valence electrons. The quantitative estimate of drug-likeness (QED) is 0.735. The number of halogens is 1. The summed E-state index contributed by atoms with van der Waals surface area (Å²) in [5.74, 6) is 0.482. The maximum Gasteiger partial charge on any atom is 0.266 e. The van der Waals surface area contributed by atoms with E-state index in [9.17, 15) is 4.79 Å². The number of nitrogens with zero attached hydrogens (tertiary/aromatic N) is 1. The molecule has 2 N–H and O–H groups in total. The molecule has 1 heterocycles. The summed E-state index contributed by atoms with van der Waals surface area (Å²) >= 11 is 3.11. The third-order valence-electron chi connectivity index (χ3n) is 1.27. The summed E-state index contributed by atoms with van der Waals surface area (Å²) in [6, 6.07) is 0. The lowest BCUT2D eigenvalue weighted by Gasteiger charge is -2.00. The van der Waals surface area contributed by atoms with Crippen molar-refractivity contribution in [2.45, 2.75) is 6.92 Å². The molecule has 0 fully saturated rings. The van der Waals surface area contributed by atoms with E-state index in [-0.39, 0.29) is 5.56 Å². The Labute approximate surface area is 72.2 Å². The highest BCUT2D eigenvalue weighted by atomic mass is 79.9. The van der Waals surface area contributed by atoms with Crippen molar-refractivity contribution < 1.29 is 0 Å². The average molecular weight is 218 g/mol. The van der Waals surface area contributed by atoms with Crippen LogP contribution in [0.4, 0.5) is 5.95 Å². The second kappa shape index (κ2) is 3.04. The van der Waals surface area contributed by atoms with E-state index in [1.165, 1.54) is 0 Å². The van der Waals surface area contributed by atoms with Crippen molar-refractivity contribution in [1.29, 1.82) is 0 Å². The predicted octanol–water partition coefficient (Wildman–Crippen LogP) is 0.883. The number of hydrogen-bond donors (Lipinski definition) is 2. The van der Waals surface area contributed by atoms with Gasteiger partial charge < -0.3 is 5.32 Å². The average Bonchev–Trinajstić information content (AvgIpc) is 1.99. The predicted molar refractivity (Wildman–Crippen MR) is 46.8 cm³/mol. The molecule has 4 nitrogen and oxygen atoms in total. The lowest BCUT2D eigenvalue weighted by atomic mass is 10.4. The number of aryl methyl sites for hydroxylation is 1. The molecule has 0 spiro atoms. The lowest BCUT2D eigenvalue weighted by molar-refractivity contribution is 1.04. The van der Waals surface area contributed by atoms with Gasteiger partial charge in [-0.05, 0) is 22.9 Å². The first-order valence-corrected chi connectivity index (χ1v) is 3.88. The second-order valence-electron chi connectivity index (χ2n) is 2.06. The standard InChI is InChI=1S/C6H8BrN3O/c1-3-4(7)5(11)10-6(8-2)9-3/h1-2H3,(H2,8,9,10,11). The highest BCUT2D eigenvalue weighted by Gasteiger charge is 2.02. The van der Waals surface area contributed by atoms with Crippen molar-refractivity contribution in [1.82, 2.24) is 9.97 Å². The summed E-state index contributed by atoms with van der Waals surface area (Å²) in [5, 5.41) is 2.75. The van der Waals surface area contributed by atoms with Gasteiger partial charge in [0.25, 0.3) is 5.56 Å². The molecule has 0 aromatic carbocycles. The summed E-state index contributed by atoms with van der Waals surface area (Å²) in [5.41, 5.74) is 0.514. The van der Waals surface area contributed by atoms with Crippen LogP contribution in [0.3, 0.4) is 0 Å². The van der Waals surface area contributed by atoms with Crippen molar-refractivity contribution in [3.8, 4) is 0 Å². The van der Waals surface area contributed by atoms with Gasteiger partial charge in [-0.1, -0.05) is 0 Å². The Balaban J connectivity index is 3.32. The first kappa shape index (κ1) is 8.26. The van der Waals surface area contributed by atoms with Crippen LogP contribution in [-0.4, -0.2) is 17.0 Å². The minimum absolute atomic E-state index is 0.165. The summed E-state index contributed by atoms with van der Waals surface area (Å²) in [6.45, 7) is 1.76. The number of rotatable bonds is 1. The zero-order valence-electron chi connectivity index (χ0n) is 6.23. The summed E-state index contributed by atoms with van der Waals surface area (Å²) < 4.78 is 0.483. The number of aromatic nitrogens is 2. The minimum Gasteiger partial charge on any atom is -0.359 e. The Bertz CT molecular complexity index is 320. The molecule has 0 aliphatic rings. The van der Waals surface area contributed by atoms with Gasteiger partial charge in [-0.2, -0.15) is 0 Å². The van der Waals surface area contributed by atoms with Crippen LogP contribution in [0, 0.1) is 6.92 Å². The fraction of sp³-hybridized carbons (Fsp3) is 0.333. The Morgan fingerprint density at radius 2 is 2.27 bits per heavy atom. The molecule has 0 bridgehead atoms. The number of aromatic amines is 1. The van der Waals surface area contributed by atoms with Crippen LogP contribution in [0.15, 0.2) is 9.27 Å². The highest BCUT2D eigenvalue weighted by Crippen LogP contribution is 2.07. The molecule has 0 radical (unpaired) electrons. The molecule has 0 saturated heterocycles. The van der Waals surface area contributed by atoms with Gasteiger partial charge in [0.05, 0.1) is 5.69 Å². The SMILES string of the molecule is CNc1nc(C)c(Br)c(=O)[nH]1. The maximum atomic E-state index is 11.0. The fourth-order valence-corrected chi connectivity index (χ4v) is 0.878. The van der Waals surface area contributed by atoms with E-state index in [2.05, 4.69) is 31.2 Å². The Hall–Kier alpha value is -0.840. The Morgan fingerprint density at radius 1 is 1.64 bits per heavy atom.